The maximum Gasteiger partial charge on any atom is 0.573 e. The fraction of sp³-hybridized carbons (Fsp3) is 0.250. The molecule has 4 rings (SSSR count). The summed E-state index contributed by atoms with van der Waals surface area (Å²) in [6, 6.07) is 13.0. The Balaban J connectivity index is 1.47. The fourth-order valence-corrected chi connectivity index (χ4v) is 3.26. The topological polar surface area (TPSA) is 88.7 Å². The van der Waals surface area contributed by atoms with Crippen LogP contribution in [-0.4, -0.2) is 33.5 Å². The maximum atomic E-state index is 12.5. The monoisotopic (exact) mass is 435 g/mol. The zero-order valence-corrected chi connectivity index (χ0v) is 15.9. The Morgan fingerprint density at radius 3 is 2.81 bits per heavy atom. The zero-order valence-electron chi connectivity index (χ0n) is 15.9. The Morgan fingerprint density at radius 1 is 1.23 bits per heavy atom. The van der Waals surface area contributed by atoms with Crippen molar-refractivity contribution in [3.05, 3.63) is 70.4 Å². The lowest BCUT2D eigenvalue weighted by atomic mass is 10.00. The van der Waals surface area contributed by atoms with Gasteiger partial charge in [0.05, 0.1) is 13.2 Å². The number of fused-ring (bicyclic) bond motifs is 1. The molecule has 8 nitrogen and oxygen atoms in total. The van der Waals surface area contributed by atoms with Crippen molar-refractivity contribution in [2.75, 3.05) is 6.61 Å². The first-order valence-corrected chi connectivity index (χ1v) is 9.18. The van der Waals surface area contributed by atoms with E-state index in [-0.39, 0.29) is 36.9 Å². The highest BCUT2D eigenvalue weighted by Crippen LogP contribution is 2.31. The molecule has 1 aliphatic rings. The van der Waals surface area contributed by atoms with E-state index >= 15 is 0 Å². The Bertz CT molecular complexity index is 1100. The van der Waals surface area contributed by atoms with Gasteiger partial charge in [0.15, 0.2) is 0 Å². The molecule has 0 saturated carbocycles. The molecule has 3 aromatic rings. The van der Waals surface area contributed by atoms with Gasteiger partial charge in [-0.1, -0.05) is 36.4 Å². The molecular weight excluding hydrogens is 419 g/mol. The molecule has 162 valence electrons. The van der Waals surface area contributed by atoms with Gasteiger partial charge >= 0.3 is 18.2 Å². The number of rotatable bonds is 6. The standard InChI is InChI=1S/C20H16F3N3O5/c21-20(22,23)31-15-6-3-5-13(8-15)17-7-2-1-4-14(17)11-29-16-9-25-10-18(26(27)28)24-19(25)30-12-16/h1-8,10,16H,9,11-12H2/t16-/m0/s1. The molecule has 0 fully saturated rings. The molecule has 0 aliphatic carbocycles. The highest BCUT2D eigenvalue weighted by Gasteiger charge is 2.31. The summed E-state index contributed by atoms with van der Waals surface area (Å²) in [6.07, 6.45) is -3.87. The van der Waals surface area contributed by atoms with Gasteiger partial charge in [-0.05, 0) is 33.7 Å². The van der Waals surface area contributed by atoms with E-state index in [1.165, 1.54) is 29.0 Å². The summed E-state index contributed by atoms with van der Waals surface area (Å²) < 4.78 is 54.5. The highest BCUT2D eigenvalue weighted by molar-refractivity contribution is 5.68. The number of nitrogens with zero attached hydrogens (tertiary/aromatic N) is 3. The molecule has 0 bridgehead atoms. The van der Waals surface area contributed by atoms with Crippen molar-refractivity contribution in [3.63, 3.8) is 0 Å². The van der Waals surface area contributed by atoms with Gasteiger partial charge in [-0.15, -0.1) is 13.2 Å². The van der Waals surface area contributed by atoms with Gasteiger partial charge in [-0.25, -0.2) is 0 Å². The van der Waals surface area contributed by atoms with Crippen LogP contribution < -0.4 is 9.47 Å². The second kappa shape index (κ2) is 8.26. The number of hydrogen-bond acceptors (Lipinski definition) is 6. The normalized spacial score (nSPS) is 15.8. The summed E-state index contributed by atoms with van der Waals surface area (Å²) in [6.45, 7) is 0.666. The predicted molar refractivity (Wildman–Crippen MR) is 102 cm³/mol. The molecule has 2 aromatic carbocycles. The summed E-state index contributed by atoms with van der Waals surface area (Å²) >= 11 is 0. The first-order valence-electron chi connectivity index (χ1n) is 9.18. The summed E-state index contributed by atoms with van der Waals surface area (Å²) in [5.41, 5.74) is 2.01. The molecule has 31 heavy (non-hydrogen) atoms. The number of imidazole rings is 1. The minimum atomic E-state index is -4.77. The Hall–Kier alpha value is -3.60. The van der Waals surface area contributed by atoms with Crippen LogP contribution in [0.15, 0.2) is 54.7 Å². The molecule has 2 heterocycles. The predicted octanol–water partition coefficient (Wildman–Crippen LogP) is 4.33. The van der Waals surface area contributed by atoms with Crippen LogP contribution in [0.2, 0.25) is 0 Å². The van der Waals surface area contributed by atoms with Gasteiger partial charge in [0.1, 0.15) is 24.7 Å². The van der Waals surface area contributed by atoms with Crippen LogP contribution in [0.4, 0.5) is 19.0 Å². The lowest BCUT2D eigenvalue weighted by Gasteiger charge is -2.23. The van der Waals surface area contributed by atoms with Crippen LogP contribution in [-0.2, 0) is 17.9 Å². The van der Waals surface area contributed by atoms with Crippen LogP contribution in [0.3, 0.4) is 0 Å². The van der Waals surface area contributed by atoms with E-state index in [1.807, 2.05) is 6.07 Å². The van der Waals surface area contributed by atoms with Gasteiger partial charge in [0.25, 0.3) is 0 Å². The summed E-state index contributed by atoms with van der Waals surface area (Å²) in [5, 5.41) is 10.9. The van der Waals surface area contributed by atoms with Gasteiger partial charge in [-0.3, -0.25) is 4.57 Å². The molecule has 1 atom stereocenters. The van der Waals surface area contributed by atoms with Crippen molar-refractivity contribution in [1.82, 2.24) is 9.55 Å². The first-order chi connectivity index (χ1) is 14.8. The number of hydrogen-bond donors (Lipinski definition) is 0. The van der Waals surface area contributed by atoms with Gasteiger partial charge in [0, 0.05) is 4.98 Å². The van der Waals surface area contributed by atoms with Gasteiger partial charge < -0.3 is 24.3 Å². The number of aromatic nitrogens is 2. The van der Waals surface area contributed by atoms with E-state index < -0.39 is 11.3 Å². The van der Waals surface area contributed by atoms with E-state index in [4.69, 9.17) is 9.47 Å². The first kappa shape index (κ1) is 20.7. The second-order valence-corrected chi connectivity index (χ2v) is 6.77. The molecule has 0 saturated heterocycles. The van der Waals surface area contributed by atoms with Crippen molar-refractivity contribution < 1.29 is 32.3 Å². The van der Waals surface area contributed by atoms with E-state index in [1.54, 1.807) is 24.3 Å². The van der Waals surface area contributed by atoms with Crippen LogP contribution in [0.25, 0.3) is 11.1 Å². The molecular formula is C20H16F3N3O5. The minimum absolute atomic E-state index is 0.161. The van der Waals surface area contributed by atoms with Crippen LogP contribution >= 0.6 is 0 Å². The van der Waals surface area contributed by atoms with Gasteiger partial charge in [-0.2, -0.15) is 0 Å². The van der Waals surface area contributed by atoms with E-state index in [9.17, 15) is 23.3 Å². The number of alkyl halides is 3. The van der Waals surface area contributed by atoms with Crippen molar-refractivity contribution in [2.24, 2.45) is 0 Å². The second-order valence-electron chi connectivity index (χ2n) is 6.77. The van der Waals surface area contributed by atoms with E-state index in [0.717, 1.165) is 5.56 Å². The summed E-state index contributed by atoms with van der Waals surface area (Å²) in [4.78, 5) is 14.0. The maximum absolute atomic E-state index is 12.5. The number of halogens is 3. The third kappa shape index (κ3) is 4.94. The van der Waals surface area contributed by atoms with E-state index in [2.05, 4.69) is 9.72 Å². The van der Waals surface area contributed by atoms with Crippen molar-refractivity contribution in [3.8, 4) is 22.9 Å². The molecule has 0 unspecified atom stereocenters. The molecule has 0 spiro atoms. The van der Waals surface area contributed by atoms with Crippen molar-refractivity contribution in [1.29, 1.82) is 0 Å². The Morgan fingerprint density at radius 2 is 2.03 bits per heavy atom. The zero-order chi connectivity index (χ0) is 22.0. The molecule has 0 radical (unpaired) electrons. The number of nitro groups is 1. The van der Waals surface area contributed by atoms with Gasteiger partial charge in [0.2, 0.25) is 0 Å². The quantitative estimate of drug-likeness (QED) is 0.423. The third-order valence-corrected chi connectivity index (χ3v) is 4.58. The smallest absolute Gasteiger partial charge is 0.443 e. The number of ether oxygens (including phenoxy) is 3. The third-order valence-electron chi connectivity index (χ3n) is 4.58. The molecule has 1 aliphatic heterocycles. The molecule has 1 aromatic heterocycles. The summed E-state index contributed by atoms with van der Waals surface area (Å²) in [7, 11) is 0. The summed E-state index contributed by atoms with van der Waals surface area (Å²) in [5.74, 6) is -0.613. The lowest BCUT2D eigenvalue weighted by Crippen LogP contribution is -2.32. The average Bonchev–Trinajstić information content (AvgIpc) is 3.15. The van der Waals surface area contributed by atoms with Crippen molar-refractivity contribution >= 4 is 5.82 Å². The highest BCUT2D eigenvalue weighted by atomic mass is 19.4. The largest absolute Gasteiger partial charge is 0.573 e. The Labute approximate surface area is 173 Å². The fourth-order valence-electron chi connectivity index (χ4n) is 3.26. The molecule has 11 heteroatoms. The van der Waals surface area contributed by atoms with Crippen LogP contribution in [0.5, 0.6) is 11.8 Å². The lowest BCUT2D eigenvalue weighted by molar-refractivity contribution is -0.389. The molecule has 0 N–H and O–H groups in total. The average molecular weight is 435 g/mol. The number of benzene rings is 2. The van der Waals surface area contributed by atoms with E-state index in [0.29, 0.717) is 17.7 Å². The van der Waals surface area contributed by atoms with Crippen LogP contribution in [0, 0.1) is 10.1 Å². The minimum Gasteiger partial charge on any atom is -0.443 e. The Kier molecular flexibility index (Phi) is 5.51. The SMILES string of the molecule is O=[N+]([O-])c1cn2c(n1)OC[C@@H](OCc1ccccc1-c1cccc(OC(F)(F)F)c1)C2. The van der Waals surface area contributed by atoms with Crippen LogP contribution in [0.1, 0.15) is 5.56 Å². The van der Waals surface area contributed by atoms with Crippen molar-refractivity contribution in [2.45, 2.75) is 25.6 Å². The molecule has 0 amide bonds.